The summed E-state index contributed by atoms with van der Waals surface area (Å²) in [7, 11) is -3.37. The van der Waals surface area contributed by atoms with Gasteiger partial charge in [0, 0.05) is 30.5 Å². The summed E-state index contributed by atoms with van der Waals surface area (Å²) in [6.07, 6.45) is 2.32. The molecule has 0 aliphatic carbocycles. The van der Waals surface area contributed by atoms with E-state index in [0.29, 0.717) is 34.9 Å². The average molecular weight is 393 g/mol. The van der Waals surface area contributed by atoms with Crippen LogP contribution in [0.4, 0.5) is 11.4 Å². The second kappa shape index (κ2) is 7.09. The number of benzene rings is 2. The molecule has 1 N–H and O–H groups in total. The zero-order valence-corrected chi connectivity index (χ0v) is 15.6. The van der Waals surface area contributed by atoms with Crippen molar-refractivity contribution in [3.8, 4) is 0 Å². The van der Waals surface area contributed by atoms with Gasteiger partial charge in [-0.1, -0.05) is 17.7 Å². The SMILES string of the molecule is CS(=O)(=O)c1cccc(NC(=O)c2ccc(Cl)c(N3CCCC3=O)c2)c1. The minimum Gasteiger partial charge on any atom is -0.322 e. The van der Waals surface area contributed by atoms with Crippen LogP contribution in [-0.4, -0.2) is 33.0 Å². The maximum absolute atomic E-state index is 12.5. The number of anilines is 2. The Morgan fingerprint density at radius 3 is 2.62 bits per heavy atom. The van der Waals surface area contributed by atoms with Crippen molar-refractivity contribution in [1.82, 2.24) is 0 Å². The van der Waals surface area contributed by atoms with Gasteiger partial charge >= 0.3 is 0 Å². The third-order valence-electron chi connectivity index (χ3n) is 4.09. The van der Waals surface area contributed by atoms with Crippen LogP contribution in [0.1, 0.15) is 23.2 Å². The Labute approximate surface area is 156 Å². The summed E-state index contributed by atoms with van der Waals surface area (Å²) in [6, 6.07) is 10.7. The molecule has 0 bridgehead atoms. The molecule has 2 aromatic rings. The number of hydrogen-bond acceptors (Lipinski definition) is 4. The lowest BCUT2D eigenvalue weighted by Crippen LogP contribution is -2.24. The van der Waals surface area contributed by atoms with Crippen LogP contribution in [0.5, 0.6) is 0 Å². The molecule has 0 aromatic heterocycles. The summed E-state index contributed by atoms with van der Waals surface area (Å²) in [5.41, 5.74) is 1.20. The molecular weight excluding hydrogens is 376 g/mol. The lowest BCUT2D eigenvalue weighted by Gasteiger charge is -2.18. The second-order valence-corrected chi connectivity index (χ2v) is 8.49. The number of halogens is 1. The zero-order valence-electron chi connectivity index (χ0n) is 14.0. The molecule has 1 aliphatic rings. The van der Waals surface area contributed by atoms with Crippen LogP contribution < -0.4 is 10.2 Å². The van der Waals surface area contributed by atoms with Crippen LogP contribution >= 0.6 is 11.6 Å². The summed E-state index contributed by atoms with van der Waals surface area (Å²) in [5, 5.41) is 3.07. The number of amides is 2. The molecule has 0 saturated carbocycles. The first-order valence-electron chi connectivity index (χ1n) is 7.97. The molecule has 2 amide bonds. The predicted molar refractivity (Wildman–Crippen MR) is 101 cm³/mol. The Morgan fingerprint density at radius 1 is 1.19 bits per heavy atom. The van der Waals surface area contributed by atoms with E-state index in [2.05, 4.69) is 5.32 Å². The number of nitrogens with one attached hydrogen (secondary N) is 1. The molecule has 0 atom stereocenters. The van der Waals surface area contributed by atoms with E-state index in [1.54, 1.807) is 35.2 Å². The maximum Gasteiger partial charge on any atom is 0.255 e. The van der Waals surface area contributed by atoms with E-state index < -0.39 is 15.7 Å². The van der Waals surface area contributed by atoms with Crippen LogP contribution in [0.3, 0.4) is 0 Å². The first-order valence-corrected chi connectivity index (χ1v) is 10.2. The van der Waals surface area contributed by atoms with E-state index >= 15 is 0 Å². The Morgan fingerprint density at radius 2 is 1.96 bits per heavy atom. The highest BCUT2D eigenvalue weighted by Crippen LogP contribution is 2.30. The molecule has 1 fully saturated rings. The summed E-state index contributed by atoms with van der Waals surface area (Å²) in [5.74, 6) is -0.439. The molecule has 0 unspecified atom stereocenters. The predicted octanol–water partition coefficient (Wildman–Crippen LogP) is 3.12. The molecule has 1 heterocycles. The average Bonchev–Trinajstić information content (AvgIpc) is 3.00. The van der Waals surface area contributed by atoms with Crippen molar-refractivity contribution >= 4 is 44.6 Å². The topological polar surface area (TPSA) is 83.6 Å². The minimum atomic E-state index is -3.37. The van der Waals surface area contributed by atoms with E-state index in [1.165, 1.54) is 12.1 Å². The van der Waals surface area contributed by atoms with Crippen molar-refractivity contribution < 1.29 is 18.0 Å². The van der Waals surface area contributed by atoms with Gasteiger partial charge in [0.2, 0.25) is 5.91 Å². The number of hydrogen-bond donors (Lipinski definition) is 1. The Balaban J connectivity index is 1.86. The number of carbonyl (C=O) groups excluding carboxylic acids is 2. The molecule has 0 radical (unpaired) electrons. The quantitative estimate of drug-likeness (QED) is 0.866. The van der Waals surface area contributed by atoms with Crippen LogP contribution in [0.15, 0.2) is 47.4 Å². The molecule has 0 spiro atoms. The Hall–Kier alpha value is -2.38. The van der Waals surface area contributed by atoms with Crippen molar-refractivity contribution in [2.24, 2.45) is 0 Å². The van der Waals surface area contributed by atoms with Crippen LogP contribution in [0.25, 0.3) is 0 Å². The van der Waals surface area contributed by atoms with E-state index in [0.717, 1.165) is 12.7 Å². The molecule has 3 rings (SSSR count). The van der Waals surface area contributed by atoms with Crippen molar-refractivity contribution in [2.45, 2.75) is 17.7 Å². The van der Waals surface area contributed by atoms with Gasteiger partial charge in [-0.2, -0.15) is 0 Å². The third-order valence-corrected chi connectivity index (χ3v) is 5.52. The summed E-state index contributed by atoms with van der Waals surface area (Å²) >= 11 is 6.19. The summed E-state index contributed by atoms with van der Waals surface area (Å²) in [4.78, 5) is 26.2. The molecule has 8 heteroatoms. The first kappa shape index (κ1) is 18.4. The highest BCUT2D eigenvalue weighted by molar-refractivity contribution is 7.90. The monoisotopic (exact) mass is 392 g/mol. The number of nitrogens with zero attached hydrogens (tertiary/aromatic N) is 1. The van der Waals surface area contributed by atoms with Crippen molar-refractivity contribution in [2.75, 3.05) is 23.0 Å². The molecular formula is C18H17ClN2O4S. The van der Waals surface area contributed by atoms with Gasteiger partial charge in [0.05, 0.1) is 15.6 Å². The van der Waals surface area contributed by atoms with E-state index in [4.69, 9.17) is 11.6 Å². The van der Waals surface area contributed by atoms with Crippen molar-refractivity contribution in [3.63, 3.8) is 0 Å². The smallest absolute Gasteiger partial charge is 0.255 e. The van der Waals surface area contributed by atoms with E-state index in [1.807, 2.05) is 0 Å². The standard InChI is InChI=1S/C18H17ClN2O4S/c1-26(24,25)14-5-2-4-13(11-14)20-18(23)12-7-8-15(19)16(10-12)21-9-3-6-17(21)22/h2,4-5,7-8,10-11H,3,6,9H2,1H3,(H,20,23). The zero-order chi connectivity index (χ0) is 18.9. The maximum atomic E-state index is 12.5. The lowest BCUT2D eigenvalue weighted by molar-refractivity contribution is -0.117. The van der Waals surface area contributed by atoms with Crippen LogP contribution in [0, 0.1) is 0 Å². The van der Waals surface area contributed by atoms with Gasteiger partial charge in [0.1, 0.15) is 0 Å². The van der Waals surface area contributed by atoms with Gasteiger partial charge in [0.25, 0.3) is 5.91 Å². The molecule has 26 heavy (non-hydrogen) atoms. The summed E-state index contributed by atoms with van der Waals surface area (Å²) < 4.78 is 23.3. The van der Waals surface area contributed by atoms with Crippen molar-refractivity contribution in [3.05, 3.63) is 53.1 Å². The highest BCUT2D eigenvalue weighted by atomic mass is 35.5. The number of carbonyl (C=O) groups is 2. The second-order valence-electron chi connectivity index (χ2n) is 6.07. The lowest BCUT2D eigenvalue weighted by atomic mass is 10.1. The van der Waals surface area contributed by atoms with Crippen LogP contribution in [-0.2, 0) is 14.6 Å². The van der Waals surface area contributed by atoms with Crippen molar-refractivity contribution in [1.29, 1.82) is 0 Å². The van der Waals surface area contributed by atoms with Gasteiger partial charge in [-0.3, -0.25) is 9.59 Å². The first-order chi connectivity index (χ1) is 12.3. The minimum absolute atomic E-state index is 0.0229. The molecule has 1 aliphatic heterocycles. The molecule has 136 valence electrons. The van der Waals surface area contributed by atoms with Gasteiger partial charge in [0.15, 0.2) is 9.84 Å². The van der Waals surface area contributed by atoms with E-state index in [9.17, 15) is 18.0 Å². The van der Waals surface area contributed by atoms with Gasteiger partial charge < -0.3 is 10.2 Å². The van der Waals surface area contributed by atoms with E-state index in [-0.39, 0.29) is 10.8 Å². The van der Waals surface area contributed by atoms with Gasteiger partial charge in [-0.25, -0.2) is 8.42 Å². The fraction of sp³-hybridized carbons (Fsp3) is 0.222. The number of sulfone groups is 1. The summed E-state index contributed by atoms with van der Waals surface area (Å²) in [6.45, 7) is 0.569. The normalized spacial score (nSPS) is 14.5. The Kier molecular flexibility index (Phi) is 5.02. The fourth-order valence-electron chi connectivity index (χ4n) is 2.77. The number of rotatable bonds is 4. The molecule has 1 saturated heterocycles. The third kappa shape index (κ3) is 3.89. The van der Waals surface area contributed by atoms with Crippen LogP contribution in [0.2, 0.25) is 5.02 Å². The largest absolute Gasteiger partial charge is 0.322 e. The fourth-order valence-corrected chi connectivity index (χ4v) is 3.66. The molecule has 2 aromatic carbocycles. The highest BCUT2D eigenvalue weighted by Gasteiger charge is 2.24. The molecule has 6 nitrogen and oxygen atoms in total. The Bertz CT molecular complexity index is 988. The van der Waals surface area contributed by atoms with Gasteiger partial charge in [-0.15, -0.1) is 0 Å². The van der Waals surface area contributed by atoms with Gasteiger partial charge in [-0.05, 0) is 42.8 Å².